The first-order valence-electron chi connectivity index (χ1n) is 10.3. The van der Waals surface area contributed by atoms with E-state index in [-0.39, 0.29) is 12.5 Å². The Morgan fingerprint density at radius 3 is 2.65 bits per heavy atom. The van der Waals surface area contributed by atoms with Crippen LogP contribution < -0.4 is 10.2 Å². The summed E-state index contributed by atoms with van der Waals surface area (Å²) in [6.07, 6.45) is 3.28. The first-order chi connectivity index (χ1) is 16.3. The van der Waals surface area contributed by atoms with Gasteiger partial charge in [0.25, 0.3) is 5.91 Å². The van der Waals surface area contributed by atoms with Crippen molar-refractivity contribution in [3.05, 3.63) is 68.7 Å². The second kappa shape index (κ2) is 10.0. The summed E-state index contributed by atoms with van der Waals surface area (Å²) in [5.74, 6) is -0.715. The Balaban J connectivity index is 1.72. The van der Waals surface area contributed by atoms with E-state index in [1.54, 1.807) is 31.2 Å². The fourth-order valence-electron chi connectivity index (χ4n) is 3.46. The van der Waals surface area contributed by atoms with Gasteiger partial charge in [0.2, 0.25) is 0 Å². The maximum Gasteiger partial charge on any atom is 0.341 e. The van der Waals surface area contributed by atoms with E-state index in [2.05, 4.69) is 15.3 Å². The summed E-state index contributed by atoms with van der Waals surface area (Å²) in [7, 11) is 3.71. The van der Waals surface area contributed by atoms with Gasteiger partial charge in [0.1, 0.15) is 11.3 Å². The summed E-state index contributed by atoms with van der Waals surface area (Å²) < 4.78 is 5.19. The van der Waals surface area contributed by atoms with E-state index in [1.807, 2.05) is 37.2 Å². The quantitative estimate of drug-likeness (QED) is 0.348. The second-order valence-electron chi connectivity index (χ2n) is 7.46. The van der Waals surface area contributed by atoms with Crippen LogP contribution in [0.2, 0.25) is 10.0 Å². The fourth-order valence-corrected chi connectivity index (χ4v) is 4.76. The van der Waals surface area contributed by atoms with Gasteiger partial charge < -0.3 is 15.0 Å². The maximum absolute atomic E-state index is 12.6. The van der Waals surface area contributed by atoms with Crippen molar-refractivity contribution in [3.63, 3.8) is 0 Å². The number of fused-ring (bicyclic) bond motifs is 1. The van der Waals surface area contributed by atoms with Crippen LogP contribution in [0.25, 0.3) is 17.0 Å². The summed E-state index contributed by atoms with van der Waals surface area (Å²) in [5, 5.41) is 4.67. The average molecular weight is 515 g/mol. The zero-order chi connectivity index (χ0) is 24.4. The molecular formula is C24H20Cl2N4O3S. The van der Waals surface area contributed by atoms with Crippen molar-refractivity contribution in [1.29, 1.82) is 0 Å². The highest BCUT2D eigenvalue weighted by atomic mass is 35.5. The van der Waals surface area contributed by atoms with Crippen molar-refractivity contribution < 1.29 is 14.3 Å². The van der Waals surface area contributed by atoms with Gasteiger partial charge in [-0.3, -0.25) is 9.78 Å². The third kappa shape index (κ3) is 4.89. The van der Waals surface area contributed by atoms with Gasteiger partial charge in [-0.25, -0.2) is 9.79 Å². The molecule has 4 rings (SSSR count). The number of aromatic nitrogens is 1. The van der Waals surface area contributed by atoms with E-state index in [4.69, 9.17) is 27.9 Å². The molecule has 3 aromatic rings. The molecular weight excluding hydrogens is 495 g/mol. The van der Waals surface area contributed by atoms with E-state index in [9.17, 15) is 9.59 Å². The smallest absolute Gasteiger partial charge is 0.341 e. The number of aliphatic imine (C=N–C) groups is 1. The van der Waals surface area contributed by atoms with E-state index in [0.29, 0.717) is 37.1 Å². The molecule has 2 heterocycles. The average Bonchev–Trinajstić information content (AvgIpc) is 3.14. The molecule has 7 nitrogen and oxygen atoms in total. The van der Waals surface area contributed by atoms with Crippen LogP contribution in [0.15, 0.2) is 52.5 Å². The van der Waals surface area contributed by atoms with E-state index in [1.165, 1.54) is 18.0 Å². The lowest BCUT2D eigenvalue weighted by atomic mass is 10.1. The van der Waals surface area contributed by atoms with Crippen LogP contribution in [-0.4, -0.2) is 42.7 Å². The van der Waals surface area contributed by atoms with Crippen molar-refractivity contribution in [1.82, 2.24) is 10.3 Å². The highest BCUT2D eigenvalue weighted by Gasteiger charge is 2.25. The number of esters is 1. The summed E-state index contributed by atoms with van der Waals surface area (Å²) in [6, 6.07) is 10.7. The van der Waals surface area contributed by atoms with Crippen LogP contribution in [0, 0.1) is 0 Å². The summed E-state index contributed by atoms with van der Waals surface area (Å²) in [4.78, 5) is 36.2. The van der Waals surface area contributed by atoms with Gasteiger partial charge in [0.05, 0.1) is 32.8 Å². The number of carbonyl (C=O) groups is 2. The number of thioether (sulfide) groups is 1. The number of para-hydroxylation sites is 1. The third-order valence-corrected chi connectivity index (χ3v) is 6.43. The Morgan fingerprint density at radius 1 is 1.24 bits per heavy atom. The van der Waals surface area contributed by atoms with E-state index in [0.717, 1.165) is 16.5 Å². The number of benzene rings is 2. The van der Waals surface area contributed by atoms with Crippen LogP contribution in [0.1, 0.15) is 22.8 Å². The van der Waals surface area contributed by atoms with Crippen molar-refractivity contribution in [2.24, 2.45) is 4.99 Å². The highest BCUT2D eigenvalue weighted by Crippen LogP contribution is 2.36. The lowest BCUT2D eigenvalue weighted by molar-refractivity contribution is -0.115. The molecule has 0 spiro atoms. The van der Waals surface area contributed by atoms with Gasteiger partial charge in [0, 0.05) is 25.7 Å². The van der Waals surface area contributed by atoms with Gasteiger partial charge in [-0.15, -0.1) is 0 Å². The number of amides is 1. The summed E-state index contributed by atoms with van der Waals surface area (Å²) in [5.41, 5.74) is 2.96. The zero-order valence-electron chi connectivity index (χ0n) is 18.6. The number of carbonyl (C=O) groups excluding carboxylic acids is 2. The number of anilines is 1. The van der Waals surface area contributed by atoms with Crippen molar-refractivity contribution in [3.8, 4) is 0 Å². The van der Waals surface area contributed by atoms with Gasteiger partial charge in [-0.1, -0.05) is 35.3 Å². The number of amidine groups is 1. The minimum atomic E-state index is -0.436. The number of rotatable bonds is 5. The summed E-state index contributed by atoms with van der Waals surface area (Å²) >= 11 is 13.6. The van der Waals surface area contributed by atoms with Gasteiger partial charge >= 0.3 is 5.97 Å². The number of nitrogens with zero attached hydrogens (tertiary/aromatic N) is 3. The number of hydrogen-bond acceptors (Lipinski definition) is 7. The summed E-state index contributed by atoms with van der Waals surface area (Å²) in [6.45, 7) is 2.03. The van der Waals surface area contributed by atoms with Crippen molar-refractivity contribution in [2.45, 2.75) is 6.92 Å². The largest absolute Gasteiger partial charge is 0.462 e. The maximum atomic E-state index is 12.6. The van der Waals surface area contributed by atoms with Gasteiger partial charge in [-0.2, -0.15) is 0 Å². The predicted molar refractivity (Wildman–Crippen MR) is 139 cm³/mol. The van der Waals surface area contributed by atoms with Crippen LogP contribution in [0.4, 0.5) is 11.4 Å². The number of halogens is 2. The number of ether oxygens (including phenoxy) is 1. The molecule has 0 bridgehead atoms. The Hall–Kier alpha value is -3.07. The highest BCUT2D eigenvalue weighted by molar-refractivity contribution is 8.18. The standard InChI is InChI=1S/C24H20Cl2N4O3S/c1-4-33-23(32)15-12-27-18-9-8-13(10-14(18)21(15)30(2)3)11-19-22(31)29-24(34-19)28-20-16(25)6-5-7-17(20)26/h5-12H,4H2,1-3H3,(H,28,29,31)/b19-11+. The molecule has 0 radical (unpaired) electrons. The molecule has 0 aliphatic carbocycles. The molecule has 174 valence electrons. The minimum Gasteiger partial charge on any atom is -0.462 e. The Labute approximate surface area is 210 Å². The molecule has 1 amide bonds. The van der Waals surface area contributed by atoms with Crippen molar-refractivity contribution in [2.75, 3.05) is 25.6 Å². The normalized spacial score (nSPS) is 15.7. The molecule has 0 saturated carbocycles. The molecule has 1 fully saturated rings. The van der Waals surface area contributed by atoms with Crippen molar-refractivity contribution >= 4 is 80.4 Å². The molecule has 0 unspecified atom stereocenters. The SMILES string of the molecule is CCOC(=O)c1cnc2ccc(/C=C3/SC(=Nc4c(Cl)cccc4Cl)NC3=O)cc2c1N(C)C. The van der Waals surface area contributed by atoms with Gasteiger partial charge in [0.15, 0.2) is 5.17 Å². The Bertz CT molecular complexity index is 1350. The number of pyridine rings is 1. The first-order valence-corrected chi connectivity index (χ1v) is 11.9. The Kier molecular flexibility index (Phi) is 7.11. The third-order valence-electron chi connectivity index (χ3n) is 4.91. The molecule has 1 saturated heterocycles. The van der Waals surface area contributed by atoms with Gasteiger partial charge in [-0.05, 0) is 54.6 Å². The van der Waals surface area contributed by atoms with Crippen LogP contribution in [0.3, 0.4) is 0 Å². The first kappa shape index (κ1) is 24.1. The Morgan fingerprint density at radius 2 is 1.97 bits per heavy atom. The number of hydrogen-bond donors (Lipinski definition) is 1. The topological polar surface area (TPSA) is 83.9 Å². The number of nitrogens with one attached hydrogen (secondary N) is 1. The molecule has 34 heavy (non-hydrogen) atoms. The fraction of sp³-hybridized carbons (Fsp3) is 0.167. The molecule has 10 heteroatoms. The zero-order valence-corrected chi connectivity index (χ0v) is 20.9. The molecule has 2 aromatic carbocycles. The van der Waals surface area contributed by atoms with E-state index >= 15 is 0 Å². The lowest BCUT2D eigenvalue weighted by Crippen LogP contribution is -2.19. The molecule has 1 aliphatic rings. The van der Waals surface area contributed by atoms with Crippen LogP contribution in [-0.2, 0) is 9.53 Å². The minimum absolute atomic E-state index is 0.269. The molecule has 0 atom stereocenters. The van der Waals surface area contributed by atoms with Crippen LogP contribution >= 0.6 is 35.0 Å². The second-order valence-corrected chi connectivity index (χ2v) is 9.31. The van der Waals surface area contributed by atoms with Crippen LogP contribution in [0.5, 0.6) is 0 Å². The lowest BCUT2D eigenvalue weighted by Gasteiger charge is -2.19. The van der Waals surface area contributed by atoms with E-state index < -0.39 is 5.97 Å². The molecule has 1 aromatic heterocycles. The molecule has 1 N–H and O–H groups in total. The predicted octanol–water partition coefficient (Wildman–Crippen LogP) is 5.68. The monoisotopic (exact) mass is 514 g/mol. The molecule has 1 aliphatic heterocycles.